The zero-order valence-corrected chi connectivity index (χ0v) is 15.6. The summed E-state index contributed by atoms with van der Waals surface area (Å²) >= 11 is 0. The first-order chi connectivity index (χ1) is 12.2. The minimum Gasteiger partial charge on any atom is -0.354 e. The summed E-state index contributed by atoms with van der Waals surface area (Å²) in [6, 6.07) is 10.8. The molecule has 1 atom stereocenters. The molecule has 0 bridgehead atoms. The summed E-state index contributed by atoms with van der Waals surface area (Å²) in [5, 5.41) is 3.24. The Morgan fingerprint density at radius 2 is 1.84 bits per heavy atom. The second-order valence-electron chi connectivity index (χ2n) is 7.80. The molecule has 1 aromatic carbocycles. The summed E-state index contributed by atoms with van der Waals surface area (Å²) in [5.74, 6) is 1.36. The van der Waals surface area contributed by atoms with Crippen LogP contribution in [0.2, 0.25) is 0 Å². The number of nitrogens with zero attached hydrogens (tertiary/aromatic N) is 2. The van der Waals surface area contributed by atoms with Crippen molar-refractivity contribution in [1.29, 1.82) is 0 Å². The molecular weight excluding hydrogens is 310 g/mol. The summed E-state index contributed by atoms with van der Waals surface area (Å²) in [7, 11) is 2.16. The average Bonchev–Trinajstić information content (AvgIpc) is 3.07. The van der Waals surface area contributed by atoms with Gasteiger partial charge in [-0.2, -0.15) is 0 Å². The van der Waals surface area contributed by atoms with Crippen LogP contribution in [0.25, 0.3) is 0 Å². The van der Waals surface area contributed by atoms with Gasteiger partial charge >= 0.3 is 0 Å². The zero-order chi connectivity index (χ0) is 17.5. The van der Waals surface area contributed by atoms with Crippen LogP contribution < -0.4 is 5.32 Å². The van der Waals surface area contributed by atoms with E-state index in [-0.39, 0.29) is 5.91 Å². The van der Waals surface area contributed by atoms with Crippen molar-refractivity contribution in [3.05, 3.63) is 35.9 Å². The minimum absolute atomic E-state index is 0.184. The highest BCUT2D eigenvalue weighted by atomic mass is 16.2. The van der Waals surface area contributed by atoms with E-state index in [0.29, 0.717) is 12.5 Å². The van der Waals surface area contributed by atoms with Crippen molar-refractivity contribution < 1.29 is 4.79 Å². The van der Waals surface area contributed by atoms with E-state index < -0.39 is 0 Å². The van der Waals surface area contributed by atoms with Gasteiger partial charge < -0.3 is 10.2 Å². The van der Waals surface area contributed by atoms with Crippen LogP contribution in [0.4, 0.5) is 0 Å². The number of carbonyl (C=O) groups is 1. The minimum atomic E-state index is 0.184. The number of hydrogen-bond acceptors (Lipinski definition) is 3. The quantitative estimate of drug-likeness (QED) is 0.863. The van der Waals surface area contributed by atoms with E-state index in [1.807, 2.05) is 0 Å². The van der Waals surface area contributed by atoms with E-state index in [1.54, 1.807) is 0 Å². The van der Waals surface area contributed by atoms with Gasteiger partial charge in [-0.1, -0.05) is 43.2 Å². The average molecular weight is 344 g/mol. The fourth-order valence-electron chi connectivity index (χ4n) is 4.36. The van der Waals surface area contributed by atoms with E-state index in [4.69, 9.17) is 0 Å². The van der Waals surface area contributed by atoms with Crippen LogP contribution in [0.15, 0.2) is 30.3 Å². The van der Waals surface area contributed by atoms with E-state index in [1.165, 1.54) is 31.2 Å². The first-order valence-electron chi connectivity index (χ1n) is 9.95. The zero-order valence-electron chi connectivity index (χ0n) is 15.6. The maximum Gasteiger partial charge on any atom is 0.234 e. The molecule has 3 rings (SSSR count). The molecule has 25 heavy (non-hydrogen) atoms. The molecule has 138 valence electrons. The molecule has 4 nitrogen and oxygen atoms in total. The number of nitrogens with one attached hydrogen (secondary N) is 1. The molecule has 1 heterocycles. The molecular formula is C21H33N3O. The van der Waals surface area contributed by atoms with Gasteiger partial charge in [0.25, 0.3) is 0 Å². The van der Waals surface area contributed by atoms with Crippen LogP contribution in [0.1, 0.15) is 43.6 Å². The van der Waals surface area contributed by atoms with Crippen LogP contribution in [0, 0.1) is 5.92 Å². The SMILES string of the molecule is CN1CCCN(CC(=O)NCC(c2ccccc2)C2CCCC2)CC1. The van der Waals surface area contributed by atoms with Crippen LogP contribution >= 0.6 is 0 Å². The lowest BCUT2D eigenvalue weighted by Crippen LogP contribution is -2.40. The first kappa shape index (κ1) is 18.4. The van der Waals surface area contributed by atoms with Gasteiger partial charge in [-0.3, -0.25) is 9.69 Å². The summed E-state index contributed by atoms with van der Waals surface area (Å²) in [5.41, 5.74) is 1.38. The molecule has 1 unspecified atom stereocenters. The van der Waals surface area contributed by atoms with Gasteiger partial charge in [0.05, 0.1) is 6.54 Å². The maximum absolute atomic E-state index is 12.5. The molecule has 1 saturated carbocycles. The molecule has 2 aliphatic rings. The van der Waals surface area contributed by atoms with Gasteiger partial charge in [0.2, 0.25) is 5.91 Å². The van der Waals surface area contributed by atoms with Crippen molar-refractivity contribution in [3.63, 3.8) is 0 Å². The lowest BCUT2D eigenvalue weighted by atomic mass is 9.85. The van der Waals surface area contributed by atoms with Crippen molar-refractivity contribution in [2.45, 2.75) is 38.0 Å². The number of hydrogen-bond donors (Lipinski definition) is 1. The van der Waals surface area contributed by atoms with Crippen LogP contribution in [-0.4, -0.2) is 62.0 Å². The topological polar surface area (TPSA) is 35.6 Å². The summed E-state index contributed by atoms with van der Waals surface area (Å²) in [6.45, 7) is 5.54. The van der Waals surface area contributed by atoms with Crippen molar-refractivity contribution in [1.82, 2.24) is 15.1 Å². The van der Waals surface area contributed by atoms with Gasteiger partial charge in [0.15, 0.2) is 0 Å². The number of carbonyl (C=O) groups excluding carboxylic acids is 1. The molecule has 1 aliphatic carbocycles. The molecule has 1 amide bonds. The van der Waals surface area contributed by atoms with Crippen molar-refractivity contribution in [3.8, 4) is 0 Å². The Hall–Kier alpha value is -1.39. The Labute approximate surface area is 152 Å². The number of amides is 1. The van der Waals surface area contributed by atoms with Gasteiger partial charge in [0, 0.05) is 25.6 Å². The predicted molar refractivity (Wildman–Crippen MR) is 103 cm³/mol. The highest BCUT2D eigenvalue weighted by Gasteiger charge is 2.26. The van der Waals surface area contributed by atoms with Gasteiger partial charge in [-0.25, -0.2) is 0 Å². The Morgan fingerprint density at radius 1 is 1.08 bits per heavy atom. The summed E-state index contributed by atoms with van der Waals surface area (Å²) in [4.78, 5) is 17.1. The standard InChI is InChI=1S/C21H33N3O/c1-23-12-7-13-24(15-14-23)17-21(25)22-16-20(19-10-5-6-11-19)18-8-3-2-4-9-18/h2-4,8-9,19-20H,5-7,10-17H2,1H3,(H,22,25). The van der Waals surface area contributed by atoms with Crippen molar-refractivity contribution in [2.75, 3.05) is 46.3 Å². The van der Waals surface area contributed by atoms with E-state index in [2.05, 4.69) is 52.5 Å². The monoisotopic (exact) mass is 343 g/mol. The van der Waals surface area contributed by atoms with E-state index in [9.17, 15) is 4.79 Å². The molecule has 1 aliphatic heterocycles. The predicted octanol–water partition coefficient (Wildman–Crippen LogP) is 2.71. The molecule has 0 radical (unpaired) electrons. The van der Waals surface area contributed by atoms with Crippen molar-refractivity contribution >= 4 is 5.91 Å². The Balaban J connectivity index is 1.52. The second-order valence-corrected chi connectivity index (χ2v) is 7.80. The highest BCUT2D eigenvalue weighted by molar-refractivity contribution is 5.78. The Bertz CT molecular complexity index is 527. The molecule has 1 saturated heterocycles. The van der Waals surface area contributed by atoms with Gasteiger partial charge in [0.1, 0.15) is 0 Å². The largest absolute Gasteiger partial charge is 0.354 e. The second kappa shape index (κ2) is 9.35. The number of benzene rings is 1. The molecule has 4 heteroatoms. The Morgan fingerprint density at radius 3 is 2.60 bits per heavy atom. The molecule has 1 N–H and O–H groups in total. The molecule has 0 spiro atoms. The fourth-order valence-corrected chi connectivity index (χ4v) is 4.36. The first-order valence-corrected chi connectivity index (χ1v) is 9.95. The van der Waals surface area contributed by atoms with Gasteiger partial charge in [-0.15, -0.1) is 0 Å². The van der Waals surface area contributed by atoms with Gasteiger partial charge in [-0.05, 0) is 50.9 Å². The van der Waals surface area contributed by atoms with E-state index in [0.717, 1.165) is 45.1 Å². The highest BCUT2D eigenvalue weighted by Crippen LogP contribution is 2.36. The smallest absolute Gasteiger partial charge is 0.234 e. The molecule has 2 fully saturated rings. The van der Waals surface area contributed by atoms with Crippen molar-refractivity contribution in [2.24, 2.45) is 5.92 Å². The molecule has 0 aromatic heterocycles. The third kappa shape index (κ3) is 5.55. The van der Waals surface area contributed by atoms with E-state index >= 15 is 0 Å². The summed E-state index contributed by atoms with van der Waals surface area (Å²) in [6.07, 6.45) is 6.42. The maximum atomic E-state index is 12.5. The molecule has 1 aromatic rings. The third-order valence-corrected chi connectivity index (χ3v) is 5.90. The Kier molecular flexibility index (Phi) is 6.88. The number of rotatable bonds is 6. The van der Waals surface area contributed by atoms with Crippen LogP contribution in [0.5, 0.6) is 0 Å². The fraction of sp³-hybridized carbons (Fsp3) is 0.667. The van der Waals surface area contributed by atoms with Crippen LogP contribution in [-0.2, 0) is 4.79 Å². The van der Waals surface area contributed by atoms with Crippen LogP contribution in [0.3, 0.4) is 0 Å². The summed E-state index contributed by atoms with van der Waals surface area (Å²) < 4.78 is 0. The third-order valence-electron chi connectivity index (χ3n) is 5.90. The normalized spacial score (nSPS) is 21.8. The number of likely N-dealkylation sites (N-methyl/N-ethyl adjacent to an activating group) is 1. The lowest BCUT2D eigenvalue weighted by Gasteiger charge is -2.25. The lowest BCUT2D eigenvalue weighted by molar-refractivity contribution is -0.122.